The second-order valence-electron chi connectivity index (χ2n) is 6.09. The van der Waals surface area contributed by atoms with Crippen molar-refractivity contribution in [3.05, 3.63) is 76.9 Å². The SMILES string of the molecule is COC(=O)c1ccc(C2C(C#N)=C(N)Oc3n[nH]c(-c4ccncc4)c32)cc1. The summed E-state index contributed by atoms with van der Waals surface area (Å²) in [6.07, 6.45) is 3.34. The number of carbonyl (C=O) groups is 1. The standard InChI is InChI=1S/C20H15N5O3/c1-27-20(26)13-4-2-11(3-5-13)15-14(10-21)18(22)28-19-16(15)17(24-25-19)12-6-8-23-9-7-12/h2-9,15H,22H2,1H3,(H,24,25). The minimum atomic E-state index is -0.498. The molecule has 8 heteroatoms. The molecule has 1 atom stereocenters. The Morgan fingerprint density at radius 3 is 2.61 bits per heavy atom. The van der Waals surface area contributed by atoms with Crippen LogP contribution in [0.2, 0.25) is 0 Å². The number of aromatic nitrogens is 3. The normalized spacial score (nSPS) is 15.4. The number of ether oxygens (including phenoxy) is 2. The van der Waals surface area contributed by atoms with Gasteiger partial charge in [-0.2, -0.15) is 5.26 Å². The summed E-state index contributed by atoms with van der Waals surface area (Å²) in [5, 5.41) is 16.9. The van der Waals surface area contributed by atoms with Crippen LogP contribution in [-0.4, -0.2) is 28.3 Å². The molecular weight excluding hydrogens is 358 g/mol. The summed E-state index contributed by atoms with van der Waals surface area (Å²) in [6, 6.07) is 12.6. The van der Waals surface area contributed by atoms with Crippen molar-refractivity contribution in [2.45, 2.75) is 5.92 Å². The van der Waals surface area contributed by atoms with Gasteiger partial charge in [0, 0.05) is 18.0 Å². The topological polar surface area (TPSA) is 127 Å². The number of aromatic amines is 1. The van der Waals surface area contributed by atoms with Crippen LogP contribution in [0.15, 0.2) is 60.2 Å². The Balaban J connectivity index is 1.88. The van der Waals surface area contributed by atoms with Gasteiger partial charge in [0.05, 0.1) is 29.8 Å². The first-order valence-corrected chi connectivity index (χ1v) is 8.38. The second-order valence-corrected chi connectivity index (χ2v) is 6.09. The number of pyridine rings is 1. The van der Waals surface area contributed by atoms with Crippen molar-refractivity contribution >= 4 is 5.97 Å². The number of benzene rings is 1. The number of fused-ring (bicyclic) bond motifs is 1. The third-order valence-electron chi connectivity index (χ3n) is 4.57. The maximum atomic E-state index is 11.7. The van der Waals surface area contributed by atoms with Crippen LogP contribution < -0.4 is 10.5 Å². The number of hydrogen-bond acceptors (Lipinski definition) is 7. The first-order valence-electron chi connectivity index (χ1n) is 8.38. The van der Waals surface area contributed by atoms with E-state index in [4.69, 9.17) is 15.2 Å². The molecular formula is C20H15N5O3. The molecule has 1 unspecified atom stereocenters. The molecule has 0 radical (unpaired) electrons. The van der Waals surface area contributed by atoms with Gasteiger partial charge in [-0.05, 0) is 29.8 Å². The molecule has 0 fully saturated rings. The van der Waals surface area contributed by atoms with E-state index in [0.717, 1.165) is 11.1 Å². The fourth-order valence-corrected chi connectivity index (χ4v) is 3.25. The van der Waals surface area contributed by atoms with Gasteiger partial charge in [0.15, 0.2) is 0 Å². The maximum Gasteiger partial charge on any atom is 0.337 e. The number of esters is 1. The Morgan fingerprint density at radius 2 is 1.96 bits per heavy atom. The zero-order valence-corrected chi connectivity index (χ0v) is 14.8. The molecule has 1 aliphatic rings. The highest BCUT2D eigenvalue weighted by molar-refractivity contribution is 5.89. The summed E-state index contributed by atoms with van der Waals surface area (Å²) in [5.74, 6) is -0.617. The van der Waals surface area contributed by atoms with E-state index in [9.17, 15) is 10.1 Å². The smallest absolute Gasteiger partial charge is 0.337 e. The summed E-state index contributed by atoms with van der Waals surface area (Å²) in [7, 11) is 1.32. The summed E-state index contributed by atoms with van der Waals surface area (Å²) in [6.45, 7) is 0. The third-order valence-corrected chi connectivity index (χ3v) is 4.57. The number of nitrogens with two attached hydrogens (primary N) is 1. The fourth-order valence-electron chi connectivity index (χ4n) is 3.25. The van der Waals surface area contributed by atoms with Gasteiger partial charge in [0.25, 0.3) is 0 Å². The minimum Gasteiger partial charge on any atom is -0.465 e. The van der Waals surface area contributed by atoms with E-state index in [-0.39, 0.29) is 11.5 Å². The molecule has 8 nitrogen and oxygen atoms in total. The molecule has 1 aliphatic heterocycles. The molecule has 0 saturated heterocycles. The molecule has 138 valence electrons. The number of methoxy groups -OCH3 is 1. The number of H-pyrrole nitrogens is 1. The van der Waals surface area contributed by atoms with Crippen molar-refractivity contribution in [3.8, 4) is 23.2 Å². The summed E-state index contributed by atoms with van der Waals surface area (Å²) in [4.78, 5) is 15.8. The molecule has 0 aliphatic carbocycles. The Kier molecular flexibility index (Phi) is 4.26. The minimum absolute atomic E-state index is 0.00447. The Labute approximate surface area is 160 Å². The van der Waals surface area contributed by atoms with Gasteiger partial charge in [-0.25, -0.2) is 4.79 Å². The van der Waals surface area contributed by atoms with Crippen molar-refractivity contribution in [2.75, 3.05) is 7.11 Å². The highest BCUT2D eigenvalue weighted by atomic mass is 16.5. The van der Waals surface area contributed by atoms with E-state index in [1.54, 1.807) is 36.7 Å². The molecule has 0 saturated carbocycles. The predicted molar refractivity (Wildman–Crippen MR) is 98.9 cm³/mol. The first-order chi connectivity index (χ1) is 13.6. The lowest BCUT2D eigenvalue weighted by Crippen LogP contribution is -2.21. The van der Waals surface area contributed by atoms with Crippen LogP contribution in [0.4, 0.5) is 0 Å². The summed E-state index contributed by atoms with van der Waals surface area (Å²) in [5.41, 5.74) is 9.69. The largest absolute Gasteiger partial charge is 0.465 e. The molecule has 3 N–H and O–H groups in total. The van der Waals surface area contributed by atoms with Gasteiger partial charge in [-0.1, -0.05) is 12.1 Å². The maximum absolute atomic E-state index is 11.7. The summed E-state index contributed by atoms with van der Waals surface area (Å²) >= 11 is 0. The van der Waals surface area contributed by atoms with Gasteiger partial charge >= 0.3 is 5.97 Å². The van der Waals surface area contributed by atoms with Crippen LogP contribution in [0.5, 0.6) is 5.88 Å². The van der Waals surface area contributed by atoms with E-state index in [1.807, 2.05) is 12.1 Å². The Morgan fingerprint density at radius 1 is 1.25 bits per heavy atom. The molecule has 2 aromatic heterocycles. The number of nitrogens with one attached hydrogen (secondary N) is 1. The van der Waals surface area contributed by atoms with E-state index in [1.165, 1.54) is 7.11 Å². The average molecular weight is 373 g/mol. The lowest BCUT2D eigenvalue weighted by Gasteiger charge is -2.24. The van der Waals surface area contributed by atoms with Gasteiger partial charge in [0.1, 0.15) is 11.6 Å². The van der Waals surface area contributed by atoms with Gasteiger partial charge in [0.2, 0.25) is 11.8 Å². The van der Waals surface area contributed by atoms with Crippen LogP contribution in [0, 0.1) is 11.3 Å². The van der Waals surface area contributed by atoms with Crippen molar-refractivity contribution in [1.29, 1.82) is 5.26 Å². The van der Waals surface area contributed by atoms with Crippen LogP contribution >= 0.6 is 0 Å². The van der Waals surface area contributed by atoms with Gasteiger partial charge < -0.3 is 15.2 Å². The van der Waals surface area contributed by atoms with Crippen LogP contribution in [0.25, 0.3) is 11.3 Å². The van der Waals surface area contributed by atoms with Gasteiger partial charge in [-0.15, -0.1) is 5.10 Å². The lowest BCUT2D eigenvalue weighted by molar-refractivity contribution is 0.0600. The van der Waals surface area contributed by atoms with Crippen molar-refractivity contribution in [3.63, 3.8) is 0 Å². The molecule has 28 heavy (non-hydrogen) atoms. The molecule has 3 aromatic rings. The second kappa shape index (κ2) is 6.89. The fraction of sp³-hybridized carbons (Fsp3) is 0.100. The summed E-state index contributed by atoms with van der Waals surface area (Å²) < 4.78 is 10.3. The molecule has 0 bridgehead atoms. The van der Waals surface area contributed by atoms with E-state index >= 15 is 0 Å². The lowest BCUT2D eigenvalue weighted by atomic mass is 9.83. The highest BCUT2D eigenvalue weighted by Gasteiger charge is 2.35. The van der Waals surface area contributed by atoms with E-state index in [0.29, 0.717) is 22.7 Å². The van der Waals surface area contributed by atoms with Crippen LogP contribution in [-0.2, 0) is 4.74 Å². The van der Waals surface area contributed by atoms with Gasteiger partial charge in [-0.3, -0.25) is 10.1 Å². The highest BCUT2D eigenvalue weighted by Crippen LogP contribution is 2.45. The first kappa shape index (κ1) is 17.3. The molecule has 1 aromatic carbocycles. The number of rotatable bonds is 3. The van der Waals surface area contributed by atoms with Crippen molar-refractivity contribution in [2.24, 2.45) is 5.73 Å². The zero-order valence-electron chi connectivity index (χ0n) is 14.8. The van der Waals surface area contributed by atoms with E-state index < -0.39 is 11.9 Å². The Bertz CT molecular complexity index is 1110. The molecule has 0 amide bonds. The van der Waals surface area contributed by atoms with E-state index in [2.05, 4.69) is 21.3 Å². The quantitative estimate of drug-likeness (QED) is 0.675. The molecule has 3 heterocycles. The predicted octanol–water partition coefficient (Wildman–Crippen LogP) is 2.48. The van der Waals surface area contributed by atoms with Crippen molar-refractivity contribution in [1.82, 2.24) is 15.2 Å². The monoisotopic (exact) mass is 373 g/mol. The number of nitrogens with zero attached hydrogens (tertiary/aromatic N) is 3. The number of nitriles is 1. The van der Waals surface area contributed by atoms with Crippen molar-refractivity contribution < 1.29 is 14.3 Å². The molecule has 0 spiro atoms. The zero-order chi connectivity index (χ0) is 19.7. The number of hydrogen-bond donors (Lipinski definition) is 2. The Hall–Kier alpha value is -4.12. The molecule has 4 rings (SSSR count). The number of allylic oxidation sites excluding steroid dienone is 1. The van der Waals surface area contributed by atoms with Crippen LogP contribution in [0.3, 0.4) is 0 Å². The number of carbonyl (C=O) groups excluding carboxylic acids is 1. The van der Waals surface area contributed by atoms with Crippen LogP contribution in [0.1, 0.15) is 27.4 Å². The average Bonchev–Trinajstić information content (AvgIpc) is 3.16. The third kappa shape index (κ3) is 2.75.